The minimum absolute atomic E-state index is 0.257. The van der Waals surface area contributed by atoms with E-state index in [0.29, 0.717) is 25.0 Å². The van der Waals surface area contributed by atoms with Gasteiger partial charge >= 0.3 is 0 Å². The number of piperidine rings is 1. The first kappa shape index (κ1) is 10.5. The van der Waals surface area contributed by atoms with Gasteiger partial charge in [0.25, 0.3) is 0 Å². The van der Waals surface area contributed by atoms with Crippen LogP contribution in [-0.4, -0.2) is 36.5 Å². The molecular weight excluding hydrogens is 166 g/mol. The van der Waals surface area contributed by atoms with Gasteiger partial charge in [-0.3, -0.25) is 9.69 Å². The third kappa shape index (κ3) is 2.97. The predicted molar refractivity (Wildman–Crippen MR) is 52.0 cm³/mol. The minimum atomic E-state index is -0.257. The molecule has 0 aromatic carbocycles. The van der Waals surface area contributed by atoms with Crippen molar-refractivity contribution < 1.29 is 4.79 Å². The number of nitrogens with two attached hydrogens (primary N) is 2. The van der Waals surface area contributed by atoms with Gasteiger partial charge in [-0.2, -0.15) is 0 Å². The molecule has 4 nitrogen and oxygen atoms in total. The normalized spacial score (nSPS) is 30.3. The van der Waals surface area contributed by atoms with Crippen molar-refractivity contribution in [1.82, 2.24) is 4.90 Å². The number of rotatable bonds is 3. The minimum Gasteiger partial charge on any atom is -0.369 e. The van der Waals surface area contributed by atoms with E-state index in [9.17, 15) is 4.79 Å². The highest BCUT2D eigenvalue weighted by molar-refractivity contribution is 5.75. The highest BCUT2D eigenvalue weighted by Gasteiger charge is 2.25. The van der Waals surface area contributed by atoms with E-state index in [4.69, 9.17) is 11.5 Å². The molecular formula is C9H19N3O. The Morgan fingerprint density at radius 3 is 2.77 bits per heavy atom. The van der Waals surface area contributed by atoms with Gasteiger partial charge in [0.05, 0.1) is 6.54 Å². The van der Waals surface area contributed by atoms with Crippen molar-refractivity contribution in [2.24, 2.45) is 17.4 Å². The Labute approximate surface area is 79.3 Å². The van der Waals surface area contributed by atoms with Crippen LogP contribution in [0.5, 0.6) is 0 Å². The fourth-order valence-corrected chi connectivity index (χ4v) is 1.96. The standard InChI is InChI=1S/C9H19N3O/c1-7-2-3-8(4-10)12(5-7)6-9(11)13/h7-8H,2-6,10H2,1H3,(H2,11,13). The van der Waals surface area contributed by atoms with Gasteiger partial charge in [0.1, 0.15) is 0 Å². The zero-order valence-corrected chi connectivity index (χ0v) is 8.20. The van der Waals surface area contributed by atoms with Crippen LogP contribution in [-0.2, 0) is 4.79 Å². The van der Waals surface area contributed by atoms with Gasteiger partial charge in [0.2, 0.25) is 5.91 Å². The van der Waals surface area contributed by atoms with Gasteiger partial charge in [-0.15, -0.1) is 0 Å². The molecule has 1 aliphatic heterocycles. The summed E-state index contributed by atoms with van der Waals surface area (Å²) in [7, 11) is 0. The van der Waals surface area contributed by atoms with Crippen LogP contribution in [0.1, 0.15) is 19.8 Å². The summed E-state index contributed by atoms with van der Waals surface area (Å²) in [5.41, 5.74) is 10.8. The second-order valence-corrected chi connectivity index (χ2v) is 3.97. The van der Waals surface area contributed by atoms with E-state index < -0.39 is 0 Å². The number of carbonyl (C=O) groups excluding carboxylic acids is 1. The second-order valence-electron chi connectivity index (χ2n) is 3.97. The lowest BCUT2D eigenvalue weighted by molar-refractivity contribution is -0.120. The molecule has 0 saturated carbocycles. The Hall–Kier alpha value is -0.610. The van der Waals surface area contributed by atoms with Gasteiger partial charge in [0, 0.05) is 19.1 Å². The maximum Gasteiger partial charge on any atom is 0.231 e. The summed E-state index contributed by atoms with van der Waals surface area (Å²) < 4.78 is 0. The van der Waals surface area contributed by atoms with Crippen molar-refractivity contribution in [2.75, 3.05) is 19.6 Å². The largest absolute Gasteiger partial charge is 0.369 e. The summed E-state index contributed by atoms with van der Waals surface area (Å²) in [5, 5.41) is 0. The first-order chi connectivity index (χ1) is 6.13. The van der Waals surface area contributed by atoms with Gasteiger partial charge in [-0.1, -0.05) is 6.92 Å². The number of hydrogen-bond donors (Lipinski definition) is 2. The molecule has 1 saturated heterocycles. The second kappa shape index (κ2) is 4.58. The molecule has 1 rings (SSSR count). The first-order valence-corrected chi connectivity index (χ1v) is 4.86. The van der Waals surface area contributed by atoms with Crippen molar-refractivity contribution in [3.8, 4) is 0 Å². The quantitative estimate of drug-likeness (QED) is 0.624. The Morgan fingerprint density at radius 2 is 2.23 bits per heavy atom. The highest BCUT2D eigenvalue weighted by atomic mass is 16.1. The third-order valence-electron chi connectivity index (χ3n) is 2.69. The van der Waals surface area contributed by atoms with Crippen molar-refractivity contribution >= 4 is 5.91 Å². The molecule has 0 spiro atoms. The van der Waals surface area contributed by atoms with Crippen LogP contribution in [0.3, 0.4) is 0 Å². The molecule has 0 radical (unpaired) electrons. The number of nitrogens with zero attached hydrogens (tertiary/aromatic N) is 1. The Morgan fingerprint density at radius 1 is 1.54 bits per heavy atom. The summed E-state index contributed by atoms with van der Waals surface area (Å²) in [6, 6.07) is 0.351. The van der Waals surface area contributed by atoms with Crippen LogP contribution in [0.25, 0.3) is 0 Å². The lowest BCUT2D eigenvalue weighted by Gasteiger charge is -2.37. The fraction of sp³-hybridized carbons (Fsp3) is 0.889. The number of amides is 1. The average Bonchev–Trinajstić information content (AvgIpc) is 2.03. The number of hydrogen-bond acceptors (Lipinski definition) is 3. The van der Waals surface area contributed by atoms with E-state index in [2.05, 4.69) is 11.8 Å². The SMILES string of the molecule is CC1CCC(CN)N(CC(N)=O)C1. The van der Waals surface area contributed by atoms with Gasteiger partial charge in [-0.25, -0.2) is 0 Å². The maximum absolute atomic E-state index is 10.8. The monoisotopic (exact) mass is 185 g/mol. The molecule has 13 heavy (non-hydrogen) atoms. The summed E-state index contributed by atoms with van der Waals surface area (Å²) in [4.78, 5) is 12.9. The summed E-state index contributed by atoms with van der Waals surface area (Å²) >= 11 is 0. The molecule has 1 amide bonds. The molecule has 4 heteroatoms. The smallest absolute Gasteiger partial charge is 0.231 e. The summed E-state index contributed by atoms with van der Waals surface area (Å²) in [5.74, 6) is 0.398. The molecule has 2 unspecified atom stereocenters. The lowest BCUT2D eigenvalue weighted by Crippen LogP contribution is -2.49. The molecule has 0 aromatic heterocycles. The topological polar surface area (TPSA) is 72.3 Å². The molecule has 1 fully saturated rings. The summed E-state index contributed by atoms with van der Waals surface area (Å²) in [6.07, 6.45) is 2.29. The average molecular weight is 185 g/mol. The van der Waals surface area contributed by atoms with Crippen molar-refractivity contribution in [3.63, 3.8) is 0 Å². The van der Waals surface area contributed by atoms with Crippen LogP contribution in [0.4, 0.5) is 0 Å². The van der Waals surface area contributed by atoms with E-state index in [-0.39, 0.29) is 5.91 Å². The van der Waals surface area contributed by atoms with Gasteiger partial charge in [0.15, 0.2) is 0 Å². The predicted octanol–water partition coefficient (Wildman–Crippen LogP) is -0.469. The zero-order chi connectivity index (χ0) is 9.84. The third-order valence-corrected chi connectivity index (χ3v) is 2.69. The van der Waals surface area contributed by atoms with Gasteiger partial charge < -0.3 is 11.5 Å². The Balaban J connectivity index is 2.49. The van der Waals surface area contributed by atoms with Crippen LogP contribution in [0, 0.1) is 5.92 Å². The van der Waals surface area contributed by atoms with Crippen LogP contribution in [0.15, 0.2) is 0 Å². The summed E-state index contributed by atoms with van der Waals surface area (Å²) in [6.45, 7) is 4.12. The van der Waals surface area contributed by atoms with E-state index in [1.54, 1.807) is 0 Å². The first-order valence-electron chi connectivity index (χ1n) is 4.86. The zero-order valence-electron chi connectivity index (χ0n) is 8.20. The van der Waals surface area contributed by atoms with Gasteiger partial charge in [-0.05, 0) is 18.8 Å². The maximum atomic E-state index is 10.8. The van der Waals surface area contributed by atoms with Crippen LogP contribution < -0.4 is 11.5 Å². The number of likely N-dealkylation sites (tertiary alicyclic amines) is 1. The molecule has 76 valence electrons. The van der Waals surface area contributed by atoms with Crippen molar-refractivity contribution in [2.45, 2.75) is 25.8 Å². The van der Waals surface area contributed by atoms with Crippen LogP contribution in [0.2, 0.25) is 0 Å². The molecule has 1 aliphatic rings. The van der Waals surface area contributed by atoms with E-state index in [0.717, 1.165) is 13.0 Å². The molecule has 0 bridgehead atoms. The molecule has 0 aliphatic carbocycles. The lowest BCUT2D eigenvalue weighted by atomic mass is 9.94. The Kier molecular flexibility index (Phi) is 3.69. The van der Waals surface area contributed by atoms with Crippen molar-refractivity contribution in [3.05, 3.63) is 0 Å². The van der Waals surface area contributed by atoms with Crippen molar-refractivity contribution in [1.29, 1.82) is 0 Å². The van der Waals surface area contributed by atoms with E-state index >= 15 is 0 Å². The molecule has 4 N–H and O–H groups in total. The number of primary amides is 1. The van der Waals surface area contributed by atoms with Crippen LogP contribution >= 0.6 is 0 Å². The highest BCUT2D eigenvalue weighted by Crippen LogP contribution is 2.20. The Bertz CT molecular complexity index is 184. The van der Waals surface area contributed by atoms with E-state index in [1.807, 2.05) is 0 Å². The molecule has 1 heterocycles. The molecule has 0 aromatic rings. The fourth-order valence-electron chi connectivity index (χ4n) is 1.96. The van der Waals surface area contributed by atoms with E-state index in [1.165, 1.54) is 6.42 Å². The number of carbonyl (C=O) groups is 1. The molecule has 2 atom stereocenters.